The molecule has 0 aliphatic carbocycles. The zero-order valence-corrected chi connectivity index (χ0v) is 12.5. The molecule has 5 nitrogen and oxygen atoms in total. The van der Waals surface area contributed by atoms with Gasteiger partial charge in [0.15, 0.2) is 5.76 Å². The van der Waals surface area contributed by atoms with Gasteiger partial charge in [-0.3, -0.25) is 4.79 Å². The van der Waals surface area contributed by atoms with Gasteiger partial charge in [0.1, 0.15) is 29.7 Å². The Morgan fingerprint density at radius 1 is 1.12 bits per heavy atom. The van der Waals surface area contributed by atoms with E-state index in [1.807, 2.05) is 0 Å². The molecule has 0 unspecified atom stereocenters. The van der Waals surface area contributed by atoms with Crippen LogP contribution in [0, 0.1) is 5.82 Å². The van der Waals surface area contributed by atoms with E-state index in [4.69, 9.17) is 9.15 Å². The molecule has 2 N–H and O–H groups in total. The lowest BCUT2D eigenvalue weighted by Crippen LogP contribution is -2.10. The van der Waals surface area contributed by atoms with Gasteiger partial charge in [0, 0.05) is 11.8 Å². The van der Waals surface area contributed by atoms with Crippen molar-refractivity contribution in [3.8, 4) is 11.5 Å². The Morgan fingerprint density at radius 2 is 1.92 bits per heavy atom. The molecule has 1 aromatic heterocycles. The van der Waals surface area contributed by atoms with Crippen LogP contribution in [-0.4, -0.2) is 11.0 Å². The summed E-state index contributed by atoms with van der Waals surface area (Å²) in [7, 11) is 0. The maximum Gasteiger partial charge on any atom is 0.291 e. The van der Waals surface area contributed by atoms with Crippen molar-refractivity contribution in [3.63, 3.8) is 0 Å². The standard InChI is InChI=1S/C18H14FNO4/c19-12-4-6-15(7-5-12)23-11-16-8-9-17(24-16)18(22)20-13-2-1-3-14(21)10-13/h1-10,21H,11H2,(H,20,22). The second kappa shape index (κ2) is 6.87. The minimum Gasteiger partial charge on any atom is -0.508 e. The van der Waals surface area contributed by atoms with Gasteiger partial charge in [-0.2, -0.15) is 0 Å². The Bertz CT molecular complexity index is 842. The second-order valence-corrected chi connectivity index (χ2v) is 5.01. The SMILES string of the molecule is O=C(Nc1cccc(O)c1)c1ccc(COc2ccc(F)cc2)o1. The zero-order valence-electron chi connectivity index (χ0n) is 12.5. The first-order chi connectivity index (χ1) is 11.6. The van der Waals surface area contributed by atoms with E-state index in [-0.39, 0.29) is 23.9 Å². The Morgan fingerprint density at radius 3 is 2.67 bits per heavy atom. The first-order valence-corrected chi connectivity index (χ1v) is 7.17. The van der Waals surface area contributed by atoms with Crippen molar-refractivity contribution >= 4 is 11.6 Å². The van der Waals surface area contributed by atoms with Crippen LogP contribution in [0.2, 0.25) is 0 Å². The van der Waals surface area contributed by atoms with E-state index in [1.165, 1.54) is 42.5 Å². The number of hydrogen-bond acceptors (Lipinski definition) is 4. The molecule has 0 saturated carbocycles. The Hall–Kier alpha value is -3.28. The highest BCUT2D eigenvalue weighted by molar-refractivity contribution is 6.02. The maximum absolute atomic E-state index is 12.8. The van der Waals surface area contributed by atoms with Gasteiger partial charge in [0.2, 0.25) is 0 Å². The number of phenols is 1. The number of nitrogens with one attached hydrogen (secondary N) is 1. The Labute approximate surface area is 137 Å². The lowest BCUT2D eigenvalue weighted by atomic mass is 10.3. The molecule has 0 aliphatic rings. The summed E-state index contributed by atoms with van der Waals surface area (Å²) in [5, 5.41) is 12.0. The molecule has 0 atom stereocenters. The second-order valence-electron chi connectivity index (χ2n) is 5.01. The third kappa shape index (κ3) is 3.92. The van der Waals surface area contributed by atoms with Crippen molar-refractivity contribution in [3.05, 3.63) is 78.0 Å². The van der Waals surface area contributed by atoms with E-state index in [0.717, 1.165) is 0 Å². The van der Waals surface area contributed by atoms with Gasteiger partial charge in [-0.1, -0.05) is 6.07 Å². The lowest BCUT2D eigenvalue weighted by molar-refractivity contribution is 0.0992. The van der Waals surface area contributed by atoms with Crippen LogP contribution in [0.25, 0.3) is 0 Å². The molecule has 1 heterocycles. The van der Waals surface area contributed by atoms with Gasteiger partial charge in [0.25, 0.3) is 5.91 Å². The van der Waals surface area contributed by atoms with E-state index in [9.17, 15) is 14.3 Å². The fraction of sp³-hybridized carbons (Fsp3) is 0.0556. The summed E-state index contributed by atoms with van der Waals surface area (Å²) < 4.78 is 23.7. The topological polar surface area (TPSA) is 71.7 Å². The van der Waals surface area contributed by atoms with Crippen LogP contribution in [0.3, 0.4) is 0 Å². The van der Waals surface area contributed by atoms with Gasteiger partial charge in [-0.15, -0.1) is 0 Å². The summed E-state index contributed by atoms with van der Waals surface area (Å²) in [6.45, 7) is 0.116. The number of benzene rings is 2. The Kier molecular flexibility index (Phi) is 4.47. The molecule has 0 fully saturated rings. The van der Waals surface area contributed by atoms with Crippen LogP contribution >= 0.6 is 0 Å². The molecular weight excluding hydrogens is 313 g/mol. The molecular formula is C18H14FNO4. The summed E-state index contributed by atoms with van der Waals surface area (Å²) in [5.74, 6) is 0.357. The monoisotopic (exact) mass is 327 g/mol. The lowest BCUT2D eigenvalue weighted by Gasteiger charge is -2.04. The summed E-state index contributed by atoms with van der Waals surface area (Å²) in [4.78, 5) is 12.1. The molecule has 6 heteroatoms. The highest BCUT2D eigenvalue weighted by atomic mass is 19.1. The summed E-state index contributed by atoms with van der Waals surface area (Å²) in [6.07, 6.45) is 0. The molecule has 0 radical (unpaired) electrons. The van der Waals surface area contributed by atoms with E-state index in [0.29, 0.717) is 17.2 Å². The number of amides is 1. The molecule has 24 heavy (non-hydrogen) atoms. The third-order valence-electron chi connectivity index (χ3n) is 3.18. The van der Waals surface area contributed by atoms with Gasteiger partial charge in [0.05, 0.1) is 0 Å². The first-order valence-electron chi connectivity index (χ1n) is 7.17. The molecule has 0 spiro atoms. The van der Waals surface area contributed by atoms with E-state index < -0.39 is 5.91 Å². The number of carbonyl (C=O) groups is 1. The Balaban J connectivity index is 1.60. The average Bonchev–Trinajstić information content (AvgIpc) is 3.03. The summed E-state index contributed by atoms with van der Waals surface area (Å²) in [5.41, 5.74) is 0.459. The van der Waals surface area contributed by atoms with E-state index in [1.54, 1.807) is 18.2 Å². The number of aromatic hydroxyl groups is 1. The predicted molar refractivity (Wildman–Crippen MR) is 85.5 cm³/mol. The van der Waals surface area contributed by atoms with Gasteiger partial charge < -0.3 is 19.6 Å². The fourth-order valence-corrected chi connectivity index (χ4v) is 2.04. The summed E-state index contributed by atoms with van der Waals surface area (Å²) in [6, 6.07) is 15.0. The smallest absolute Gasteiger partial charge is 0.291 e. The molecule has 2 aromatic carbocycles. The number of rotatable bonds is 5. The van der Waals surface area contributed by atoms with Crippen molar-refractivity contribution < 1.29 is 23.4 Å². The zero-order chi connectivity index (χ0) is 16.9. The molecule has 1 amide bonds. The third-order valence-corrected chi connectivity index (χ3v) is 3.18. The van der Waals surface area contributed by atoms with Crippen molar-refractivity contribution in [2.45, 2.75) is 6.61 Å². The first kappa shape index (κ1) is 15.6. The molecule has 122 valence electrons. The number of halogens is 1. The molecule has 3 aromatic rings. The highest BCUT2D eigenvalue weighted by Gasteiger charge is 2.12. The minimum absolute atomic E-state index is 0.0561. The average molecular weight is 327 g/mol. The normalized spacial score (nSPS) is 10.4. The molecule has 0 bridgehead atoms. The highest BCUT2D eigenvalue weighted by Crippen LogP contribution is 2.18. The van der Waals surface area contributed by atoms with Crippen LogP contribution in [0.5, 0.6) is 11.5 Å². The quantitative estimate of drug-likeness (QED) is 0.744. The summed E-state index contributed by atoms with van der Waals surface area (Å²) >= 11 is 0. The van der Waals surface area contributed by atoms with Gasteiger partial charge in [-0.25, -0.2) is 4.39 Å². The number of carbonyl (C=O) groups excluding carboxylic acids is 1. The molecule has 0 aliphatic heterocycles. The van der Waals surface area contributed by atoms with Crippen molar-refractivity contribution in [2.24, 2.45) is 0 Å². The molecule has 0 saturated heterocycles. The maximum atomic E-state index is 12.8. The number of furan rings is 1. The number of phenolic OH excluding ortho intramolecular Hbond substituents is 1. The fourth-order valence-electron chi connectivity index (χ4n) is 2.04. The minimum atomic E-state index is -0.436. The number of anilines is 1. The van der Waals surface area contributed by atoms with Crippen molar-refractivity contribution in [1.82, 2.24) is 0 Å². The van der Waals surface area contributed by atoms with Crippen LogP contribution in [-0.2, 0) is 6.61 Å². The molecule has 3 rings (SSSR count). The largest absolute Gasteiger partial charge is 0.508 e. The number of ether oxygens (including phenoxy) is 1. The van der Waals surface area contributed by atoms with Crippen LogP contribution < -0.4 is 10.1 Å². The number of hydrogen-bond donors (Lipinski definition) is 2. The van der Waals surface area contributed by atoms with Gasteiger partial charge >= 0.3 is 0 Å². The van der Waals surface area contributed by atoms with E-state index in [2.05, 4.69) is 5.32 Å². The van der Waals surface area contributed by atoms with Crippen LogP contribution in [0.15, 0.2) is 65.1 Å². The van der Waals surface area contributed by atoms with E-state index >= 15 is 0 Å². The van der Waals surface area contributed by atoms with Crippen molar-refractivity contribution in [1.29, 1.82) is 0 Å². The predicted octanol–water partition coefficient (Wildman–Crippen LogP) is 3.96. The van der Waals surface area contributed by atoms with Crippen LogP contribution in [0.1, 0.15) is 16.3 Å². The van der Waals surface area contributed by atoms with Gasteiger partial charge in [-0.05, 0) is 48.5 Å². The van der Waals surface area contributed by atoms with Crippen molar-refractivity contribution in [2.75, 3.05) is 5.32 Å². The van der Waals surface area contributed by atoms with Crippen LogP contribution in [0.4, 0.5) is 10.1 Å².